The molecule has 0 spiro atoms. The van der Waals surface area contributed by atoms with E-state index >= 15 is 0 Å². The minimum atomic E-state index is -1.05. The number of aromatic nitrogens is 1. The fourth-order valence-corrected chi connectivity index (χ4v) is 5.39. The molecule has 0 bridgehead atoms. The molecular weight excluding hydrogens is 450 g/mol. The standard InChI is InChI=1S/C27H30ClN3O3/c1-27(26(33)29-21-6-4-3-5-7-21)17-30-23-15-22(34-2)13-10-19(23)14-24(30)25(32)31(27)16-18-8-11-20(28)12-9-18/h8-15,21H,3-7,16-17H2,1-2H3,(H,29,33)/t27-/m1/s1. The summed E-state index contributed by atoms with van der Waals surface area (Å²) < 4.78 is 7.39. The molecule has 0 unspecified atom stereocenters. The third-order valence-electron chi connectivity index (χ3n) is 7.32. The van der Waals surface area contributed by atoms with Crippen molar-refractivity contribution in [2.24, 2.45) is 0 Å². The van der Waals surface area contributed by atoms with E-state index in [2.05, 4.69) is 5.32 Å². The molecule has 2 aromatic carbocycles. The monoisotopic (exact) mass is 479 g/mol. The van der Waals surface area contributed by atoms with Gasteiger partial charge in [-0.2, -0.15) is 0 Å². The second kappa shape index (κ2) is 8.99. The first-order valence-electron chi connectivity index (χ1n) is 11.9. The number of methoxy groups -OCH3 is 1. The number of hydrogen-bond acceptors (Lipinski definition) is 3. The van der Waals surface area contributed by atoms with Crippen molar-refractivity contribution in [3.63, 3.8) is 0 Å². The number of carbonyl (C=O) groups is 2. The maximum Gasteiger partial charge on any atom is 0.271 e. The smallest absolute Gasteiger partial charge is 0.271 e. The van der Waals surface area contributed by atoms with Gasteiger partial charge in [-0.3, -0.25) is 9.59 Å². The summed E-state index contributed by atoms with van der Waals surface area (Å²) in [4.78, 5) is 29.4. The van der Waals surface area contributed by atoms with Crippen LogP contribution in [0, 0.1) is 0 Å². The Hall–Kier alpha value is -2.99. The van der Waals surface area contributed by atoms with Crippen LogP contribution in [0.3, 0.4) is 0 Å². The SMILES string of the molecule is COc1ccc2cc3n(c2c1)C[C@](C)(C(=O)NC1CCCCC1)N(Cc1ccc(Cl)cc1)C3=O. The van der Waals surface area contributed by atoms with Gasteiger partial charge >= 0.3 is 0 Å². The van der Waals surface area contributed by atoms with Crippen LogP contribution in [0.5, 0.6) is 5.75 Å². The molecule has 1 aromatic heterocycles. The first kappa shape index (κ1) is 22.8. The van der Waals surface area contributed by atoms with Gasteiger partial charge < -0.3 is 19.5 Å². The predicted octanol–water partition coefficient (Wildman–Crippen LogP) is 5.17. The lowest BCUT2D eigenvalue weighted by molar-refractivity contribution is -0.134. The van der Waals surface area contributed by atoms with Crippen molar-refractivity contribution in [3.05, 3.63) is 64.8 Å². The second-order valence-corrected chi connectivity index (χ2v) is 10.1. The number of hydrogen-bond donors (Lipinski definition) is 1. The first-order chi connectivity index (χ1) is 16.4. The summed E-state index contributed by atoms with van der Waals surface area (Å²) >= 11 is 6.08. The Morgan fingerprint density at radius 1 is 1.12 bits per heavy atom. The molecule has 2 heterocycles. The molecular formula is C27H30ClN3O3. The van der Waals surface area contributed by atoms with Crippen LogP contribution in [0.4, 0.5) is 0 Å². The van der Waals surface area contributed by atoms with E-state index in [9.17, 15) is 9.59 Å². The quantitative estimate of drug-likeness (QED) is 0.549. The highest BCUT2D eigenvalue weighted by atomic mass is 35.5. The average molecular weight is 480 g/mol. The van der Waals surface area contributed by atoms with Gasteiger partial charge in [-0.05, 0) is 55.7 Å². The van der Waals surface area contributed by atoms with Gasteiger partial charge in [0.05, 0.1) is 19.2 Å². The number of fused-ring (bicyclic) bond motifs is 3. The van der Waals surface area contributed by atoms with E-state index in [-0.39, 0.29) is 17.9 Å². The van der Waals surface area contributed by atoms with E-state index in [0.29, 0.717) is 23.8 Å². The molecule has 34 heavy (non-hydrogen) atoms. The van der Waals surface area contributed by atoms with Crippen LogP contribution in [0.1, 0.15) is 55.1 Å². The number of nitrogens with zero attached hydrogens (tertiary/aromatic N) is 2. The number of benzene rings is 2. The zero-order chi connectivity index (χ0) is 23.9. The molecule has 5 rings (SSSR count). The maximum atomic E-state index is 13.9. The van der Waals surface area contributed by atoms with Crippen LogP contribution in [0.15, 0.2) is 48.5 Å². The van der Waals surface area contributed by atoms with Gasteiger partial charge in [0.25, 0.3) is 5.91 Å². The van der Waals surface area contributed by atoms with Gasteiger partial charge in [-0.15, -0.1) is 0 Å². The van der Waals surface area contributed by atoms with E-state index in [0.717, 1.165) is 47.9 Å². The van der Waals surface area contributed by atoms with Crippen molar-refractivity contribution in [2.45, 2.75) is 63.7 Å². The fourth-order valence-electron chi connectivity index (χ4n) is 5.27. The van der Waals surface area contributed by atoms with E-state index in [1.807, 2.05) is 60.0 Å². The van der Waals surface area contributed by atoms with E-state index < -0.39 is 5.54 Å². The van der Waals surface area contributed by atoms with E-state index in [1.165, 1.54) is 6.42 Å². The highest BCUT2D eigenvalue weighted by Gasteiger charge is 2.48. The van der Waals surface area contributed by atoms with Gasteiger partial charge in [-0.1, -0.05) is 43.0 Å². The lowest BCUT2D eigenvalue weighted by Gasteiger charge is -2.45. The number of amides is 2. The average Bonchev–Trinajstić information content (AvgIpc) is 3.21. The molecule has 2 amide bonds. The summed E-state index contributed by atoms with van der Waals surface area (Å²) in [5.74, 6) is 0.465. The van der Waals surface area contributed by atoms with Gasteiger partial charge in [0.15, 0.2) is 0 Å². The number of halogens is 1. The number of carbonyl (C=O) groups excluding carboxylic acids is 2. The molecule has 1 aliphatic carbocycles. The van der Waals surface area contributed by atoms with E-state index in [1.54, 1.807) is 12.0 Å². The summed E-state index contributed by atoms with van der Waals surface area (Å²) in [5.41, 5.74) is 1.36. The summed E-state index contributed by atoms with van der Waals surface area (Å²) in [5, 5.41) is 4.87. The summed E-state index contributed by atoms with van der Waals surface area (Å²) in [7, 11) is 1.63. The van der Waals surface area contributed by atoms with Gasteiger partial charge in [0, 0.05) is 29.1 Å². The zero-order valence-electron chi connectivity index (χ0n) is 19.6. The lowest BCUT2D eigenvalue weighted by Crippen LogP contribution is -2.64. The first-order valence-corrected chi connectivity index (χ1v) is 12.3. The van der Waals surface area contributed by atoms with Crippen LogP contribution >= 0.6 is 11.6 Å². The Morgan fingerprint density at radius 2 is 1.85 bits per heavy atom. The Labute approximate surface area is 204 Å². The molecule has 1 aliphatic heterocycles. The third-order valence-corrected chi connectivity index (χ3v) is 7.57. The van der Waals surface area contributed by atoms with Crippen molar-refractivity contribution < 1.29 is 14.3 Å². The summed E-state index contributed by atoms with van der Waals surface area (Å²) in [6.07, 6.45) is 5.44. The minimum absolute atomic E-state index is 0.0999. The van der Waals surface area contributed by atoms with Crippen LogP contribution in [-0.2, 0) is 17.9 Å². The number of nitrogens with one attached hydrogen (secondary N) is 1. The van der Waals surface area contributed by atoms with Crippen molar-refractivity contribution in [2.75, 3.05) is 7.11 Å². The molecule has 6 nitrogen and oxygen atoms in total. The second-order valence-electron chi connectivity index (χ2n) is 9.64. The molecule has 1 fully saturated rings. The Morgan fingerprint density at radius 3 is 2.56 bits per heavy atom. The van der Waals surface area contributed by atoms with Crippen molar-refractivity contribution in [3.8, 4) is 5.75 Å². The van der Waals surface area contributed by atoms with Crippen LogP contribution < -0.4 is 10.1 Å². The largest absolute Gasteiger partial charge is 0.497 e. The van der Waals surface area contributed by atoms with Gasteiger partial charge in [0.2, 0.25) is 5.91 Å². The topological polar surface area (TPSA) is 63.6 Å². The molecule has 1 N–H and O–H groups in total. The molecule has 7 heteroatoms. The van der Waals surface area contributed by atoms with Crippen molar-refractivity contribution in [1.29, 1.82) is 0 Å². The summed E-state index contributed by atoms with van der Waals surface area (Å²) in [6, 6.07) is 15.3. The Kier molecular flexibility index (Phi) is 6.02. The minimum Gasteiger partial charge on any atom is -0.497 e. The molecule has 2 aliphatic rings. The lowest BCUT2D eigenvalue weighted by atomic mass is 9.91. The van der Waals surface area contributed by atoms with Crippen LogP contribution in [-0.4, -0.2) is 40.0 Å². The van der Waals surface area contributed by atoms with Gasteiger partial charge in [-0.25, -0.2) is 0 Å². The van der Waals surface area contributed by atoms with Crippen LogP contribution in [0.2, 0.25) is 5.02 Å². The maximum absolute atomic E-state index is 13.9. The molecule has 1 atom stereocenters. The molecule has 178 valence electrons. The molecule has 0 saturated heterocycles. The highest BCUT2D eigenvalue weighted by Crippen LogP contribution is 2.35. The molecule has 3 aromatic rings. The molecule has 1 saturated carbocycles. The zero-order valence-corrected chi connectivity index (χ0v) is 20.4. The van der Waals surface area contributed by atoms with Crippen molar-refractivity contribution >= 4 is 34.3 Å². The van der Waals surface area contributed by atoms with Crippen LogP contribution in [0.25, 0.3) is 10.9 Å². The third kappa shape index (κ3) is 4.05. The Balaban J connectivity index is 1.56. The highest BCUT2D eigenvalue weighted by molar-refractivity contribution is 6.30. The normalized spacial score (nSPS) is 20.9. The fraction of sp³-hybridized carbons (Fsp3) is 0.407. The van der Waals surface area contributed by atoms with Gasteiger partial charge in [0.1, 0.15) is 17.0 Å². The van der Waals surface area contributed by atoms with E-state index in [4.69, 9.17) is 16.3 Å². The number of rotatable bonds is 5. The van der Waals surface area contributed by atoms with Crippen molar-refractivity contribution in [1.82, 2.24) is 14.8 Å². The number of ether oxygens (including phenoxy) is 1. The predicted molar refractivity (Wildman–Crippen MR) is 133 cm³/mol. The summed E-state index contributed by atoms with van der Waals surface area (Å²) in [6.45, 7) is 2.58. The Bertz CT molecular complexity index is 1230. The molecule has 0 radical (unpaired) electrons.